The molecular weight excluding hydrogens is 280 g/mol. The molecular formula is C16H10N4O2. The number of benzene rings is 1. The van der Waals surface area contributed by atoms with Crippen molar-refractivity contribution in [3.05, 3.63) is 65.2 Å². The van der Waals surface area contributed by atoms with Crippen LogP contribution in [0, 0.1) is 0 Å². The van der Waals surface area contributed by atoms with E-state index in [0.717, 1.165) is 16.5 Å². The van der Waals surface area contributed by atoms with Crippen molar-refractivity contribution in [2.75, 3.05) is 0 Å². The SMILES string of the molecule is O=c1cc(-c2nc(-c3ccncc3)no2)c2ccccc2[nH]1. The summed E-state index contributed by atoms with van der Waals surface area (Å²) in [7, 11) is 0. The number of hydrogen-bond acceptors (Lipinski definition) is 5. The van der Waals surface area contributed by atoms with Crippen LogP contribution in [0.2, 0.25) is 0 Å². The van der Waals surface area contributed by atoms with E-state index in [9.17, 15) is 4.79 Å². The molecule has 4 rings (SSSR count). The van der Waals surface area contributed by atoms with Crippen molar-refractivity contribution in [2.24, 2.45) is 0 Å². The Bertz CT molecular complexity index is 1010. The minimum absolute atomic E-state index is 0.211. The van der Waals surface area contributed by atoms with Gasteiger partial charge in [-0.1, -0.05) is 23.4 Å². The molecule has 3 aromatic heterocycles. The van der Waals surface area contributed by atoms with Crippen molar-refractivity contribution in [1.29, 1.82) is 0 Å². The number of rotatable bonds is 2. The quantitative estimate of drug-likeness (QED) is 0.613. The molecule has 1 aromatic carbocycles. The van der Waals surface area contributed by atoms with Gasteiger partial charge in [0.15, 0.2) is 0 Å². The lowest BCUT2D eigenvalue weighted by molar-refractivity contribution is 0.432. The average Bonchev–Trinajstić information content (AvgIpc) is 3.05. The van der Waals surface area contributed by atoms with E-state index in [1.54, 1.807) is 24.5 Å². The van der Waals surface area contributed by atoms with E-state index in [1.807, 2.05) is 24.3 Å². The Kier molecular flexibility index (Phi) is 2.79. The van der Waals surface area contributed by atoms with E-state index in [2.05, 4.69) is 20.1 Å². The van der Waals surface area contributed by atoms with Gasteiger partial charge < -0.3 is 9.51 Å². The van der Waals surface area contributed by atoms with E-state index in [1.165, 1.54) is 6.07 Å². The van der Waals surface area contributed by atoms with E-state index >= 15 is 0 Å². The van der Waals surface area contributed by atoms with Crippen LogP contribution in [-0.2, 0) is 0 Å². The normalized spacial score (nSPS) is 10.9. The largest absolute Gasteiger partial charge is 0.334 e. The molecule has 0 aliphatic rings. The predicted octanol–water partition coefficient (Wildman–Crippen LogP) is 2.64. The molecule has 3 heterocycles. The summed E-state index contributed by atoms with van der Waals surface area (Å²) < 4.78 is 5.33. The molecule has 6 nitrogen and oxygen atoms in total. The first-order valence-corrected chi connectivity index (χ1v) is 6.68. The fourth-order valence-electron chi connectivity index (χ4n) is 2.33. The highest BCUT2D eigenvalue weighted by atomic mass is 16.5. The molecule has 0 atom stereocenters. The van der Waals surface area contributed by atoms with Crippen LogP contribution in [0.5, 0.6) is 0 Å². The molecule has 0 spiro atoms. The van der Waals surface area contributed by atoms with Gasteiger partial charge in [0, 0.05) is 34.9 Å². The Balaban J connectivity index is 1.90. The third-order valence-corrected chi connectivity index (χ3v) is 3.35. The molecule has 0 aliphatic carbocycles. The maximum Gasteiger partial charge on any atom is 0.259 e. The molecule has 1 N–H and O–H groups in total. The minimum atomic E-state index is -0.211. The Morgan fingerprint density at radius 1 is 1.05 bits per heavy atom. The zero-order valence-electron chi connectivity index (χ0n) is 11.4. The van der Waals surface area contributed by atoms with Crippen LogP contribution in [0.15, 0.2) is 64.2 Å². The number of hydrogen-bond donors (Lipinski definition) is 1. The van der Waals surface area contributed by atoms with Crippen molar-refractivity contribution in [1.82, 2.24) is 20.1 Å². The second-order valence-electron chi connectivity index (χ2n) is 4.75. The first-order chi connectivity index (χ1) is 10.8. The first-order valence-electron chi connectivity index (χ1n) is 6.68. The molecule has 22 heavy (non-hydrogen) atoms. The summed E-state index contributed by atoms with van der Waals surface area (Å²) in [6.45, 7) is 0. The van der Waals surface area contributed by atoms with Crippen LogP contribution in [0.25, 0.3) is 33.7 Å². The van der Waals surface area contributed by atoms with E-state index in [4.69, 9.17) is 4.52 Å². The van der Waals surface area contributed by atoms with Gasteiger partial charge in [-0.15, -0.1) is 0 Å². The lowest BCUT2D eigenvalue weighted by Crippen LogP contribution is -2.04. The summed E-state index contributed by atoms with van der Waals surface area (Å²) in [5.41, 5.74) is 1.94. The third-order valence-electron chi connectivity index (χ3n) is 3.35. The Morgan fingerprint density at radius 3 is 2.73 bits per heavy atom. The molecule has 0 radical (unpaired) electrons. The maximum atomic E-state index is 11.8. The maximum absolute atomic E-state index is 11.8. The van der Waals surface area contributed by atoms with Crippen molar-refractivity contribution in [2.45, 2.75) is 0 Å². The Morgan fingerprint density at radius 2 is 1.86 bits per heavy atom. The summed E-state index contributed by atoms with van der Waals surface area (Å²) in [6, 6.07) is 12.5. The summed E-state index contributed by atoms with van der Waals surface area (Å²) >= 11 is 0. The van der Waals surface area contributed by atoms with Gasteiger partial charge in [-0.25, -0.2) is 0 Å². The molecule has 0 fully saturated rings. The van der Waals surface area contributed by atoms with Crippen molar-refractivity contribution < 1.29 is 4.52 Å². The van der Waals surface area contributed by atoms with Crippen LogP contribution in [-0.4, -0.2) is 20.1 Å². The summed E-state index contributed by atoms with van der Waals surface area (Å²) in [5, 5.41) is 4.83. The van der Waals surface area contributed by atoms with Crippen LogP contribution < -0.4 is 5.56 Å². The van der Waals surface area contributed by atoms with Crippen LogP contribution in [0.3, 0.4) is 0 Å². The van der Waals surface area contributed by atoms with E-state index < -0.39 is 0 Å². The fourth-order valence-corrected chi connectivity index (χ4v) is 2.33. The van der Waals surface area contributed by atoms with Gasteiger partial charge in [0.2, 0.25) is 11.4 Å². The second-order valence-corrected chi connectivity index (χ2v) is 4.75. The molecule has 0 bridgehead atoms. The zero-order chi connectivity index (χ0) is 14.9. The van der Waals surface area contributed by atoms with Gasteiger partial charge >= 0.3 is 0 Å². The molecule has 6 heteroatoms. The summed E-state index contributed by atoms with van der Waals surface area (Å²) in [6.07, 6.45) is 3.32. The van der Waals surface area contributed by atoms with Gasteiger partial charge in [0.25, 0.3) is 5.89 Å². The number of nitrogens with zero attached hydrogens (tertiary/aromatic N) is 3. The second kappa shape index (κ2) is 4.92. The highest BCUT2D eigenvalue weighted by Gasteiger charge is 2.14. The molecule has 4 aromatic rings. The fraction of sp³-hybridized carbons (Fsp3) is 0. The minimum Gasteiger partial charge on any atom is -0.334 e. The number of para-hydroxylation sites is 1. The summed E-state index contributed by atoms with van der Waals surface area (Å²) in [4.78, 5) is 22.9. The van der Waals surface area contributed by atoms with E-state index in [-0.39, 0.29) is 5.56 Å². The highest BCUT2D eigenvalue weighted by molar-refractivity contribution is 5.92. The predicted molar refractivity (Wildman–Crippen MR) is 81.1 cm³/mol. The lowest BCUT2D eigenvalue weighted by atomic mass is 10.1. The number of H-pyrrole nitrogens is 1. The van der Waals surface area contributed by atoms with Crippen molar-refractivity contribution in [3.8, 4) is 22.8 Å². The summed E-state index contributed by atoms with van der Waals surface area (Å²) in [5.74, 6) is 0.774. The zero-order valence-corrected chi connectivity index (χ0v) is 11.4. The topological polar surface area (TPSA) is 84.7 Å². The van der Waals surface area contributed by atoms with Gasteiger partial charge in [0.05, 0.1) is 5.56 Å². The van der Waals surface area contributed by atoms with Crippen LogP contribution in [0.4, 0.5) is 0 Å². The number of nitrogens with one attached hydrogen (secondary N) is 1. The molecule has 0 saturated heterocycles. The molecule has 0 saturated carbocycles. The average molecular weight is 290 g/mol. The number of aromatic amines is 1. The van der Waals surface area contributed by atoms with Gasteiger partial charge in [-0.2, -0.15) is 4.98 Å². The van der Waals surface area contributed by atoms with Crippen molar-refractivity contribution in [3.63, 3.8) is 0 Å². The highest BCUT2D eigenvalue weighted by Crippen LogP contribution is 2.26. The standard InChI is InChI=1S/C16H10N4O2/c21-14-9-12(11-3-1-2-4-13(11)18-14)16-19-15(20-22-16)10-5-7-17-8-6-10/h1-9H,(H,18,21). The van der Waals surface area contributed by atoms with E-state index in [0.29, 0.717) is 17.3 Å². The van der Waals surface area contributed by atoms with Crippen molar-refractivity contribution >= 4 is 10.9 Å². The Labute approximate surface area is 124 Å². The first kappa shape index (κ1) is 12.5. The molecule has 0 aliphatic heterocycles. The smallest absolute Gasteiger partial charge is 0.259 e. The van der Waals surface area contributed by atoms with Gasteiger partial charge in [-0.3, -0.25) is 9.78 Å². The van der Waals surface area contributed by atoms with Gasteiger partial charge in [0.1, 0.15) is 0 Å². The number of pyridine rings is 2. The van der Waals surface area contributed by atoms with Crippen LogP contribution >= 0.6 is 0 Å². The van der Waals surface area contributed by atoms with Crippen LogP contribution in [0.1, 0.15) is 0 Å². The lowest BCUT2D eigenvalue weighted by Gasteiger charge is -2.01. The molecule has 0 amide bonds. The molecule has 106 valence electrons. The monoisotopic (exact) mass is 290 g/mol. The number of fused-ring (bicyclic) bond motifs is 1. The van der Waals surface area contributed by atoms with Gasteiger partial charge in [-0.05, 0) is 18.2 Å². The number of aromatic nitrogens is 4. The Hall–Kier alpha value is -3.28. The molecule has 0 unspecified atom stereocenters. The third kappa shape index (κ3) is 2.07.